The van der Waals surface area contributed by atoms with E-state index in [-0.39, 0.29) is 5.91 Å². The van der Waals surface area contributed by atoms with Crippen molar-refractivity contribution in [2.75, 3.05) is 57.0 Å². The van der Waals surface area contributed by atoms with Crippen molar-refractivity contribution >= 4 is 23.0 Å². The number of unbranched alkanes of at least 4 members (excludes halogenated alkanes) is 1. The average molecular weight is 382 g/mol. The molecule has 1 aromatic heterocycles. The van der Waals surface area contributed by atoms with Crippen LogP contribution in [0.4, 0.5) is 17.1 Å². The van der Waals surface area contributed by atoms with E-state index >= 15 is 0 Å². The monoisotopic (exact) mass is 381 g/mol. The van der Waals surface area contributed by atoms with Crippen LogP contribution in [0.2, 0.25) is 0 Å². The van der Waals surface area contributed by atoms with Gasteiger partial charge in [-0.25, -0.2) is 4.98 Å². The third-order valence-corrected chi connectivity index (χ3v) is 5.20. The first-order chi connectivity index (χ1) is 13.6. The summed E-state index contributed by atoms with van der Waals surface area (Å²) in [6, 6.07) is 12.2. The zero-order valence-corrected chi connectivity index (χ0v) is 17.2. The van der Waals surface area contributed by atoms with Crippen LogP contribution in [0.1, 0.15) is 30.3 Å². The van der Waals surface area contributed by atoms with Crippen molar-refractivity contribution in [3.8, 4) is 0 Å². The molecule has 0 saturated carbocycles. The van der Waals surface area contributed by atoms with Gasteiger partial charge in [0.05, 0.1) is 11.9 Å². The van der Waals surface area contributed by atoms with Gasteiger partial charge in [0.25, 0.3) is 5.91 Å². The Morgan fingerprint density at radius 2 is 1.75 bits per heavy atom. The lowest BCUT2D eigenvalue weighted by Crippen LogP contribution is -2.44. The molecular weight excluding hydrogens is 350 g/mol. The number of aromatic nitrogens is 1. The zero-order chi connectivity index (χ0) is 19.9. The number of nitrogens with one attached hydrogen (secondary N) is 1. The molecule has 6 heteroatoms. The van der Waals surface area contributed by atoms with Gasteiger partial charge in [0, 0.05) is 51.1 Å². The predicted molar refractivity (Wildman–Crippen MR) is 116 cm³/mol. The average Bonchev–Trinajstić information content (AvgIpc) is 2.73. The fraction of sp³-hybridized carbons (Fsp3) is 0.455. The summed E-state index contributed by atoms with van der Waals surface area (Å²) in [5.74, 6) is -0.0310. The van der Waals surface area contributed by atoms with Gasteiger partial charge < -0.3 is 20.0 Å². The minimum atomic E-state index is -0.0310. The maximum atomic E-state index is 12.4. The second kappa shape index (κ2) is 9.55. The van der Waals surface area contributed by atoms with Gasteiger partial charge in [-0.3, -0.25) is 4.79 Å². The van der Waals surface area contributed by atoms with Crippen LogP contribution < -0.4 is 10.2 Å². The SMILES string of the molecule is CCCCN(C)C(=O)c1ccc(Nc2ccc(N3CCN(C)CC3)cc2)cn1. The topological polar surface area (TPSA) is 51.7 Å². The normalized spacial score (nSPS) is 14.8. The summed E-state index contributed by atoms with van der Waals surface area (Å²) >= 11 is 0. The lowest BCUT2D eigenvalue weighted by Gasteiger charge is -2.34. The molecule has 28 heavy (non-hydrogen) atoms. The van der Waals surface area contributed by atoms with Crippen molar-refractivity contribution in [1.82, 2.24) is 14.8 Å². The van der Waals surface area contributed by atoms with Crippen LogP contribution in [-0.4, -0.2) is 67.5 Å². The van der Waals surface area contributed by atoms with E-state index in [1.807, 2.05) is 13.1 Å². The van der Waals surface area contributed by atoms with Crippen LogP contribution in [0.3, 0.4) is 0 Å². The first kappa shape index (κ1) is 20.1. The molecule has 0 bridgehead atoms. The molecule has 1 N–H and O–H groups in total. The van der Waals surface area contributed by atoms with Crippen molar-refractivity contribution in [2.45, 2.75) is 19.8 Å². The molecule has 2 heterocycles. The van der Waals surface area contributed by atoms with Gasteiger partial charge in [0.1, 0.15) is 5.69 Å². The van der Waals surface area contributed by atoms with E-state index in [9.17, 15) is 4.79 Å². The molecular formula is C22H31N5O. The second-order valence-corrected chi connectivity index (χ2v) is 7.47. The van der Waals surface area contributed by atoms with Gasteiger partial charge in [-0.1, -0.05) is 13.3 Å². The van der Waals surface area contributed by atoms with Crippen molar-refractivity contribution in [2.24, 2.45) is 0 Å². The highest BCUT2D eigenvalue weighted by Gasteiger charge is 2.14. The van der Waals surface area contributed by atoms with E-state index < -0.39 is 0 Å². The van der Waals surface area contributed by atoms with Gasteiger partial charge in [-0.2, -0.15) is 0 Å². The summed E-state index contributed by atoms with van der Waals surface area (Å²) in [7, 11) is 3.99. The standard InChI is InChI=1S/C22H31N5O/c1-4-5-12-26(3)22(28)21-11-8-19(17-23-21)24-18-6-9-20(10-7-18)27-15-13-25(2)14-16-27/h6-11,17,24H,4-5,12-16H2,1-3H3. The van der Waals surface area contributed by atoms with E-state index in [0.717, 1.165) is 56.9 Å². The van der Waals surface area contributed by atoms with Crippen LogP contribution in [0.5, 0.6) is 0 Å². The molecule has 1 saturated heterocycles. The molecule has 0 radical (unpaired) electrons. The number of hydrogen-bond donors (Lipinski definition) is 1. The highest BCUT2D eigenvalue weighted by Crippen LogP contribution is 2.22. The third-order valence-electron chi connectivity index (χ3n) is 5.20. The fourth-order valence-electron chi connectivity index (χ4n) is 3.27. The number of amides is 1. The Kier molecular flexibility index (Phi) is 6.87. The first-order valence-corrected chi connectivity index (χ1v) is 10.1. The minimum Gasteiger partial charge on any atom is -0.369 e. The molecule has 150 valence electrons. The molecule has 1 amide bonds. The van der Waals surface area contributed by atoms with Crippen molar-refractivity contribution < 1.29 is 4.79 Å². The quantitative estimate of drug-likeness (QED) is 0.796. The number of carbonyl (C=O) groups is 1. The number of anilines is 3. The number of carbonyl (C=O) groups excluding carboxylic acids is 1. The second-order valence-electron chi connectivity index (χ2n) is 7.47. The molecule has 1 aliphatic rings. The Morgan fingerprint density at radius 1 is 1.07 bits per heavy atom. The highest BCUT2D eigenvalue weighted by atomic mass is 16.2. The van der Waals surface area contributed by atoms with Gasteiger partial charge in [-0.15, -0.1) is 0 Å². The smallest absolute Gasteiger partial charge is 0.272 e. The highest BCUT2D eigenvalue weighted by molar-refractivity contribution is 5.92. The number of rotatable bonds is 7. The molecule has 0 unspecified atom stereocenters. The number of nitrogens with zero attached hydrogens (tertiary/aromatic N) is 4. The van der Waals surface area contributed by atoms with Crippen LogP contribution in [0, 0.1) is 0 Å². The maximum absolute atomic E-state index is 12.4. The van der Waals surface area contributed by atoms with Crippen molar-refractivity contribution in [3.63, 3.8) is 0 Å². The lowest BCUT2D eigenvalue weighted by molar-refractivity contribution is 0.0787. The van der Waals surface area contributed by atoms with Crippen LogP contribution in [0.15, 0.2) is 42.6 Å². The van der Waals surface area contributed by atoms with Gasteiger partial charge in [-0.05, 0) is 49.9 Å². The third kappa shape index (κ3) is 5.23. The molecule has 1 aliphatic heterocycles. The minimum absolute atomic E-state index is 0.0310. The number of likely N-dealkylation sites (N-methyl/N-ethyl adjacent to an activating group) is 1. The molecule has 0 atom stereocenters. The number of pyridine rings is 1. The summed E-state index contributed by atoms with van der Waals surface area (Å²) < 4.78 is 0. The van der Waals surface area contributed by atoms with Crippen LogP contribution in [-0.2, 0) is 0 Å². The molecule has 1 aromatic carbocycles. The Hall–Kier alpha value is -2.60. The zero-order valence-electron chi connectivity index (χ0n) is 17.2. The Balaban J connectivity index is 1.57. The predicted octanol–water partition coefficient (Wildman–Crippen LogP) is 3.45. The van der Waals surface area contributed by atoms with Gasteiger partial charge in [0.15, 0.2) is 0 Å². The number of benzene rings is 1. The Bertz CT molecular complexity index is 752. The van der Waals surface area contributed by atoms with Crippen LogP contribution >= 0.6 is 0 Å². The summed E-state index contributed by atoms with van der Waals surface area (Å²) in [5, 5.41) is 3.36. The van der Waals surface area contributed by atoms with E-state index in [2.05, 4.69) is 58.3 Å². The summed E-state index contributed by atoms with van der Waals surface area (Å²) in [5.41, 5.74) is 3.63. The van der Waals surface area contributed by atoms with Crippen molar-refractivity contribution in [1.29, 1.82) is 0 Å². The molecule has 0 spiro atoms. The van der Waals surface area contributed by atoms with Crippen LogP contribution in [0.25, 0.3) is 0 Å². The van der Waals surface area contributed by atoms with E-state index in [0.29, 0.717) is 5.69 Å². The lowest BCUT2D eigenvalue weighted by atomic mass is 10.2. The molecule has 0 aliphatic carbocycles. The largest absolute Gasteiger partial charge is 0.369 e. The fourth-order valence-corrected chi connectivity index (χ4v) is 3.27. The Labute approximate surface area is 168 Å². The number of piperazine rings is 1. The summed E-state index contributed by atoms with van der Waals surface area (Å²) in [6.07, 6.45) is 3.79. The summed E-state index contributed by atoms with van der Waals surface area (Å²) in [6.45, 7) is 7.21. The Morgan fingerprint density at radius 3 is 2.36 bits per heavy atom. The van der Waals surface area contributed by atoms with Crippen molar-refractivity contribution in [3.05, 3.63) is 48.3 Å². The van der Waals surface area contributed by atoms with Gasteiger partial charge in [0.2, 0.25) is 0 Å². The molecule has 3 rings (SSSR count). The first-order valence-electron chi connectivity index (χ1n) is 10.1. The maximum Gasteiger partial charge on any atom is 0.272 e. The van der Waals surface area contributed by atoms with E-state index in [1.54, 1.807) is 17.2 Å². The molecule has 2 aromatic rings. The van der Waals surface area contributed by atoms with Gasteiger partial charge >= 0.3 is 0 Å². The van der Waals surface area contributed by atoms with E-state index in [4.69, 9.17) is 0 Å². The molecule has 6 nitrogen and oxygen atoms in total. The van der Waals surface area contributed by atoms with E-state index in [1.165, 1.54) is 5.69 Å². The summed E-state index contributed by atoms with van der Waals surface area (Å²) in [4.78, 5) is 23.2. The molecule has 1 fully saturated rings. The number of hydrogen-bond acceptors (Lipinski definition) is 5.